The lowest BCUT2D eigenvalue weighted by atomic mass is 10.0. The van der Waals surface area contributed by atoms with Gasteiger partial charge in [-0.1, -0.05) is 23.4 Å². The van der Waals surface area contributed by atoms with Crippen molar-refractivity contribution in [2.75, 3.05) is 12.9 Å². The summed E-state index contributed by atoms with van der Waals surface area (Å²) in [5.41, 5.74) is 3.03. The molecule has 32 heavy (non-hydrogen) atoms. The Morgan fingerprint density at radius 2 is 2.19 bits per heavy atom. The Balaban J connectivity index is 1.36. The number of methoxy groups -OCH3 is 1. The molecule has 1 aliphatic rings. The Bertz CT molecular complexity index is 1290. The maximum absolute atomic E-state index is 13.1. The van der Waals surface area contributed by atoms with E-state index in [4.69, 9.17) is 20.8 Å². The van der Waals surface area contributed by atoms with Crippen LogP contribution in [0.5, 0.6) is 5.75 Å². The van der Waals surface area contributed by atoms with Crippen LogP contribution >= 0.6 is 23.4 Å². The summed E-state index contributed by atoms with van der Waals surface area (Å²) >= 11 is 7.27. The van der Waals surface area contributed by atoms with E-state index >= 15 is 0 Å². The van der Waals surface area contributed by atoms with E-state index in [9.17, 15) is 4.79 Å². The topological polar surface area (TPSA) is 96.6 Å². The van der Waals surface area contributed by atoms with Gasteiger partial charge in [0, 0.05) is 12.6 Å². The number of furan rings is 1. The zero-order valence-electron chi connectivity index (χ0n) is 17.0. The molecule has 4 heterocycles. The molecule has 0 saturated carbocycles. The maximum atomic E-state index is 13.1. The first-order valence-electron chi connectivity index (χ1n) is 9.82. The van der Waals surface area contributed by atoms with E-state index in [-0.39, 0.29) is 17.7 Å². The molecule has 0 aliphatic carbocycles. The normalized spacial score (nSPS) is 15.9. The second-order valence-electron chi connectivity index (χ2n) is 7.10. The summed E-state index contributed by atoms with van der Waals surface area (Å²) in [6.45, 7) is 0. The molecule has 0 bridgehead atoms. The third-order valence-electron chi connectivity index (χ3n) is 5.08. The van der Waals surface area contributed by atoms with Gasteiger partial charge in [-0.25, -0.2) is 15.0 Å². The number of hydrogen-bond acceptors (Lipinski definition) is 7. The third-order valence-corrected chi connectivity index (χ3v) is 6.14. The molecule has 0 radical (unpaired) electrons. The molecule has 1 aliphatic heterocycles. The van der Waals surface area contributed by atoms with Crippen molar-refractivity contribution in [2.45, 2.75) is 17.6 Å². The number of rotatable bonds is 6. The summed E-state index contributed by atoms with van der Waals surface area (Å²) in [7, 11) is 1.62. The number of fused-ring (bicyclic) bond motifs is 1. The van der Waals surface area contributed by atoms with E-state index in [1.807, 2.05) is 36.4 Å². The number of imidazole rings is 1. The molecule has 0 unspecified atom stereocenters. The van der Waals surface area contributed by atoms with Crippen LogP contribution in [0.2, 0.25) is 5.02 Å². The average molecular weight is 468 g/mol. The largest absolute Gasteiger partial charge is 0.497 e. The number of aromatic amines is 1. The lowest BCUT2D eigenvalue weighted by molar-refractivity contribution is -0.130. The standard InChI is InChI=1S/C22H18ClN5O3S/c1-30-15-6-4-13(5-7-15)16-10-18(19-3-2-8-31-19)28(27-16)20(29)12-32-22-25-17-9-14(23)11-24-21(17)26-22/h2-9,11,18H,10,12H2,1H3,(H,24,25,26)/t18-/m0/s1. The number of hydrogen-bond donors (Lipinski definition) is 1. The fraction of sp³-hybridized carbons (Fsp3) is 0.182. The minimum atomic E-state index is -0.300. The van der Waals surface area contributed by atoms with Crippen LogP contribution in [-0.2, 0) is 4.79 Å². The number of carbonyl (C=O) groups is 1. The average Bonchev–Trinajstić information content (AvgIpc) is 3.56. The van der Waals surface area contributed by atoms with Gasteiger partial charge >= 0.3 is 0 Å². The number of carbonyl (C=O) groups excluding carboxylic acids is 1. The number of aromatic nitrogens is 3. The van der Waals surface area contributed by atoms with Crippen LogP contribution in [0.25, 0.3) is 11.2 Å². The van der Waals surface area contributed by atoms with Crippen LogP contribution < -0.4 is 4.74 Å². The van der Waals surface area contributed by atoms with E-state index < -0.39 is 0 Å². The van der Waals surface area contributed by atoms with Crippen molar-refractivity contribution in [2.24, 2.45) is 5.10 Å². The molecule has 1 amide bonds. The van der Waals surface area contributed by atoms with Crippen molar-refractivity contribution in [3.05, 3.63) is 71.3 Å². The molecule has 1 N–H and O–H groups in total. The molecule has 162 valence electrons. The number of ether oxygens (including phenoxy) is 1. The summed E-state index contributed by atoms with van der Waals surface area (Å²) < 4.78 is 10.8. The summed E-state index contributed by atoms with van der Waals surface area (Å²) in [4.78, 5) is 24.8. The highest BCUT2D eigenvalue weighted by Gasteiger charge is 2.34. The smallest absolute Gasteiger partial charge is 0.253 e. The van der Waals surface area contributed by atoms with Crippen molar-refractivity contribution >= 4 is 46.1 Å². The monoisotopic (exact) mass is 467 g/mol. The van der Waals surface area contributed by atoms with Crippen LogP contribution in [0, 0.1) is 0 Å². The third kappa shape index (κ3) is 4.09. The first-order valence-corrected chi connectivity index (χ1v) is 11.2. The summed E-state index contributed by atoms with van der Waals surface area (Å²) in [5, 5.41) is 7.26. The number of hydrazone groups is 1. The van der Waals surface area contributed by atoms with Crippen LogP contribution in [0.3, 0.4) is 0 Å². The second-order valence-corrected chi connectivity index (χ2v) is 8.50. The van der Waals surface area contributed by atoms with Crippen molar-refractivity contribution in [3.63, 3.8) is 0 Å². The molecule has 0 fully saturated rings. The molecule has 10 heteroatoms. The number of pyridine rings is 1. The van der Waals surface area contributed by atoms with Gasteiger partial charge in [0.25, 0.3) is 5.91 Å². The molecule has 8 nitrogen and oxygen atoms in total. The maximum Gasteiger partial charge on any atom is 0.253 e. The molecule has 1 atom stereocenters. The fourth-order valence-corrected chi connectivity index (χ4v) is 4.40. The molecule has 4 aromatic rings. The Labute approximate surface area is 192 Å². The van der Waals surface area contributed by atoms with E-state index in [2.05, 4.69) is 20.1 Å². The molecule has 3 aromatic heterocycles. The van der Waals surface area contributed by atoms with Gasteiger partial charge in [0.15, 0.2) is 10.8 Å². The molecule has 5 rings (SSSR count). The minimum Gasteiger partial charge on any atom is -0.497 e. The quantitative estimate of drug-likeness (QED) is 0.413. The number of benzene rings is 1. The van der Waals surface area contributed by atoms with E-state index in [0.29, 0.717) is 28.0 Å². The summed E-state index contributed by atoms with van der Waals surface area (Å²) in [5.74, 6) is 1.47. The van der Waals surface area contributed by atoms with Crippen molar-refractivity contribution in [1.29, 1.82) is 0 Å². The zero-order valence-corrected chi connectivity index (χ0v) is 18.6. The van der Waals surface area contributed by atoms with Crippen LogP contribution in [0.1, 0.15) is 23.8 Å². The first-order chi connectivity index (χ1) is 15.6. The number of amides is 1. The van der Waals surface area contributed by atoms with Crippen molar-refractivity contribution in [3.8, 4) is 5.75 Å². The fourth-order valence-electron chi connectivity index (χ4n) is 3.52. The van der Waals surface area contributed by atoms with Gasteiger partial charge < -0.3 is 14.1 Å². The van der Waals surface area contributed by atoms with Crippen molar-refractivity contribution in [1.82, 2.24) is 20.0 Å². The van der Waals surface area contributed by atoms with E-state index in [1.165, 1.54) is 23.0 Å². The van der Waals surface area contributed by atoms with Gasteiger partial charge in [0.1, 0.15) is 17.6 Å². The highest BCUT2D eigenvalue weighted by atomic mass is 35.5. The molecule has 1 aromatic carbocycles. The Morgan fingerprint density at radius 3 is 2.94 bits per heavy atom. The molecule has 0 saturated heterocycles. The molecular formula is C22H18ClN5O3S. The number of nitrogens with zero attached hydrogens (tertiary/aromatic N) is 4. The van der Waals surface area contributed by atoms with Gasteiger partial charge in [-0.05, 0) is 48.0 Å². The number of nitrogens with one attached hydrogen (secondary N) is 1. The SMILES string of the molecule is COc1ccc(C2=NN(C(=O)CSc3nc4ncc(Cl)cc4[nH]3)[C@H](c3ccco3)C2)cc1. The lowest BCUT2D eigenvalue weighted by Gasteiger charge is -2.19. The lowest BCUT2D eigenvalue weighted by Crippen LogP contribution is -2.28. The summed E-state index contributed by atoms with van der Waals surface area (Å²) in [6, 6.07) is 12.7. The molecule has 0 spiro atoms. The predicted molar refractivity (Wildman–Crippen MR) is 122 cm³/mol. The number of thioether (sulfide) groups is 1. The van der Waals surface area contributed by atoms with Crippen LogP contribution in [0.4, 0.5) is 0 Å². The van der Waals surface area contributed by atoms with Gasteiger partial charge in [-0.2, -0.15) is 5.10 Å². The van der Waals surface area contributed by atoms with Gasteiger partial charge in [-0.3, -0.25) is 4.79 Å². The van der Waals surface area contributed by atoms with Gasteiger partial charge in [0.05, 0.1) is 35.4 Å². The van der Waals surface area contributed by atoms with Gasteiger partial charge in [-0.15, -0.1) is 0 Å². The Morgan fingerprint density at radius 1 is 1.34 bits per heavy atom. The molecular weight excluding hydrogens is 450 g/mol. The van der Waals surface area contributed by atoms with Crippen molar-refractivity contribution < 1.29 is 13.9 Å². The first kappa shape index (κ1) is 20.6. The minimum absolute atomic E-state index is 0.147. The van der Waals surface area contributed by atoms with E-state index in [1.54, 1.807) is 19.4 Å². The Hall–Kier alpha value is -3.30. The van der Waals surface area contributed by atoms with Gasteiger partial charge in [0.2, 0.25) is 0 Å². The highest BCUT2D eigenvalue weighted by molar-refractivity contribution is 7.99. The zero-order chi connectivity index (χ0) is 22.1. The second kappa shape index (κ2) is 8.68. The predicted octanol–water partition coefficient (Wildman–Crippen LogP) is 4.68. The van der Waals surface area contributed by atoms with E-state index in [0.717, 1.165) is 22.5 Å². The summed E-state index contributed by atoms with van der Waals surface area (Å²) in [6.07, 6.45) is 3.70. The highest BCUT2D eigenvalue weighted by Crippen LogP contribution is 2.34. The Kier molecular flexibility index (Phi) is 5.59. The van der Waals surface area contributed by atoms with Crippen LogP contribution in [0.15, 0.2) is 69.6 Å². The van der Waals surface area contributed by atoms with Crippen LogP contribution in [-0.4, -0.2) is 44.4 Å². The number of halogens is 1. The number of H-pyrrole nitrogens is 1.